The van der Waals surface area contributed by atoms with Gasteiger partial charge in [-0.25, -0.2) is 0 Å². The van der Waals surface area contributed by atoms with Crippen molar-refractivity contribution < 1.29 is 14.7 Å². The van der Waals surface area contributed by atoms with Crippen LogP contribution in [0.2, 0.25) is 0 Å². The number of likely N-dealkylation sites (N-methyl/N-ethyl adjacent to an activating group) is 1. The Morgan fingerprint density at radius 2 is 2.06 bits per heavy atom. The van der Waals surface area contributed by atoms with Gasteiger partial charge >= 0.3 is 5.97 Å². The minimum absolute atomic E-state index is 0.106. The Morgan fingerprint density at radius 3 is 2.56 bits per heavy atom. The molecule has 0 aromatic heterocycles. The second-order valence-electron chi connectivity index (χ2n) is 3.24. The summed E-state index contributed by atoms with van der Waals surface area (Å²) >= 11 is 3.98. The van der Waals surface area contributed by atoms with Gasteiger partial charge in [-0.15, -0.1) is 0 Å². The summed E-state index contributed by atoms with van der Waals surface area (Å²) in [5.74, 6) is -0.489. The van der Waals surface area contributed by atoms with Crippen LogP contribution in [0.25, 0.3) is 0 Å². The molecule has 1 amide bonds. The maximum atomic E-state index is 11.0. The number of aliphatic carboxylic acids is 1. The summed E-state index contributed by atoms with van der Waals surface area (Å²) in [7, 11) is 1.69. The van der Waals surface area contributed by atoms with Gasteiger partial charge in [0.2, 0.25) is 5.91 Å². The fraction of sp³-hybridized carbons (Fsp3) is 0.778. The Balaban J connectivity index is 3.62. The van der Waals surface area contributed by atoms with E-state index in [9.17, 15) is 9.59 Å². The maximum absolute atomic E-state index is 11.0. The van der Waals surface area contributed by atoms with Crippen molar-refractivity contribution >= 4 is 24.5 Å². The van der Waals surface area contributed by atoms with Gasteiger partial charge in [0.15, 0.2) is 0 Å². The zero-order chi connectivity index (χ0) is 12.4. The minimum atomic E-state index is -0.893. The highest BCUT2D eigenvalue weighted by molar-refractivity contribution is 7.80. The lowest BCUT2D eigenvalue weighted by Crippen LogP contribution is -2.42. The second kappa shape index (κ2) is 9.44. The molecule has 94 valence electrons. The molecular formula is C9H19N3O3S. The zero-order valence-corrected chi connectivity index (χ0v) is 10.2. The molecule has 7 heteroatoms. The van der Waals surface area contributed by atoms with Crippen LogP contribution in [0.5, 0.6) is 0 Å². The molecule has 0 fully saturated rings. The molecule has 0 saturated heterocycles. The summed E-state index contributed by atoms with van der Waals surface area (Å²) in [6.45, 7) is 1.11. The first-order valence-corrected chi connectivity index (χ1v) is 5.73. The molecule has 1 unspecified atom stereocenters. The molecule has 0 aliphatic rings. The van der Waals surface area contributed by atoms with Crippen LogP contribution in [0.1, 0.15) is 6.42 Å². The molecule has 0 aliphatic carbocycles. The summed E-state index contributed by atoms with van der Waals surface area (Å²) < 4.78 is 0. The smallest absolute Gasteiger partial charge is 0.320 e. The van der Waals surface area contributed by atoms with E-state index in [0.29, 0.717) is 25.3 Å². The van der Waals surface area contributed by atoms with E-state index < -0.39 is 12.0 Å². The Hall–Kier alpha value is -0.790. The molecule has 0 rings (SSSR count). The number of nitrogens with one attached hydrogen (secondary N) is 3. The lowest BCUT2D eigenvalue weighted by molar-refractivity contribution is -0.139. The van der Waals surface area contributed by atoms with Gasteiger partial charge in [-0.1, -0.05) is 0 Å². The van der Waals surface area contributed by atoms with Crippen molar-refractivity contribution in [3.8, 4) is 0 Å². The molecule has 0 aromatic carbocycles. The topological polar surface area (TPSA) is 90.5 Å². The van der Waals surface area contributed by atoms with E-state index in [2.05, 4.69) is 28.6 Å². The molecular weight excluding hydrogens is 230 g/mol. The molecule has 6 nitrogen and oxygen atoms in total. The van der Waals surface area contributed by atoms with Gasteiger partial charge in [-0.2, -0.15) is 12.6 Å². The van der Waals surface area contributed by atoms with Crippen LogP contribution in [0.3, 0.4) is 0 Å². The van der Waals surface area contributed by atoms with Crippen LogP contribution >= 0.6 is 12.6 Å². The van der Waals surface area contributed by atoms with Crippen LogP contribution in [-0.2, 0) is 9.59 Å². The molecule has 0 aliphatic heterocycles. The highest BCUT2D eigenvalue weighted by atomic mass is 32.1. The number of carboxylic acid groups (broad SMARTS) is 1. The van der Waals surface area contributed by atoms with Crippen LogP contribution in [0, 0.1) is 0 Å². The Morgan fingerprint density at radius 1 is 1.38 bits per heavy atom. The van der Waals surface area contributed by atoms with E-state index in [4.69, 9.17) is 5.11 Å². The summed E-state index contributed by atoms with van der Waals surface area (Å²) in [5, 5.41) is 17.0. The van der Waals surface area contributed by atoms with Gasteiger partial charge in [0.05, 0.1) is 6.54 Å². The largest absolute Gasteiger partial charge is 0.480 e. The molecule has 0 spiro atoms. The molecule has 0 radical (unpaired) electrons. The number of carbonyl (C=O) groups excluding carboxylic acids is 1. The number of carbonyl (C=O) groups is 2. The van der Waals surface area contributed by atoms with Gasteiger partial charge in [0.1, 0.15) is 6.04 Å². The van der Waals surface area contributed by atoms with Crippen molar-refractivity contribution in [3.05, 3.63) is 0 Å². The van der Waals surface area contributed by atoms with Crippen molar-refractivity contribution in [2.24, 2.45) is 0 Å². The monoisotopic (exact) mass is 249 g/mol. The number of amides is 1. The second-order valence-corrected chi connectivity index (χ2v) is 3.68. The van der Waals surface area contributed by atoms with E-state index in [-0.39, 0.29) is 12.5 Å². The summed E-state index contributed by atoms with van der Waals surface area (Å²) in [6, 6.07) is -0.598. The first-order valence-electron chi connectivity index (χ1n) is 5.10. The van der Waals surface area contributed by atoms with E-state index >= 15 is 0 Å². The van der Waals surface area contributed by atoms with E-state index in [1.165, 1.54) is 0 Å². The summed E-state index contributed by atoms with van der Waals surface area (Å²) in [5.41, 5.74) is 0. The number of hydrogen-bond acceptors (Lipinski definition) is 5. The van der Waals surface area contributed by atoms with Crippen molar-refractivity contribution in [2.45, 2.75) is 12.5 Å². The lowest BCUT2D eigenvalue weighted by Gasteiger charge is -2.13. The van der Waals surface area contributed by atoms with E-state index in [0.717, 1.165) is 0 Å². The third kappa shape index (κ3) is 7.49. The SMILES string of the molecule is CNCC(=O)NCCNC(CCS)C(=O)O. The Bertz CT molecular complexity index is 226. The minimum Gasteiger partial charge on any atom is -0.480 e. The fourth-order valence-corrected chi connectivity index (χ4v) is 1.37. The quantitative estimate of drug-likeness (QED) is 0.258. The predicted octanol–water partition coefficient (Wildman–Crippen LogP) is -1.32. The number of hydrogen-bond donors (Lipinski definition) is 5. The maximum Gasteiger partial charge on any atom is 0.320 e. The standard InChI is InChI=1S/C9H19N3O3S/c1-10-6-8(13)12-4-3-11-7(2-5-16)9(14)15/h7,10-11,16H,2-6H2,1H3,(H,12,13)(H,14,15). The van der Waals surface area contributed by atoms with Gasteiger partial charge in [-0.05, 0) is 19.2 Å². The Kier molecular flexibility index (Phi) is 8.97. The van der Waals surface area contributed by atoms with Crippen LogP contribution in [0.15, 0.2) is 0 Å². The van der Waals surface area contributed by atoms with E-state index in [1.54, 1.807) is 7.05 Å². The Labute approximate surface area is 101 Å². The first-order chi connectivity index (χ1) is 7.61. The average Bonchev–Trinajstić information content (AvgIpc) is 2.22. The summed E-state index contributed by atoms with van der Waals surface area (Å²) in [4.78, 5) is 21.7. The fourth-order valence-electron chi connectivity index (χ4n) is 1.11. The molecule has 16 heavy (non-hydrogen) atoms. The molecule has 0 bridgehead atoms. The van der Waals surface area contributed by atoms with Crippen LogP contribution < -0.4 is 16.0 Å². The van der Waals surface area contributed by atoms with Crippen molar-refractivity contribution in [3.63, 3.8) is 0 Å². The molecule has 0 aromatic rings. The molecule has 0 saturated carbocycles. The van der Waals surface area contributed by atoms with Crippen LogP contribution in [0.4, 0.5) is 0 Å². The highest BCUT2D eigenvalue weighted by Gasteiger charge is 2.14. The third-order valence-electron chi connectivity index (χ3n) is 1.89. The molecule has 1 atom stereocenters. The van der Waals surface area contributed by atoms with Gasteiger partial charge in [0, 0.05) is 13.1 Å². The zero-order valence-electron chi connectivity index (χ0n) is 9.32. The lowest BCUT2D eigenvalue weighted by atomic mass is 10.2. The highest BCUT2D eigenvalue weighted by Crippen LogP contribution is 1.93. The first kappa shape index (κ1) is 15.2. The third-order valence-corrected chi connectivity index (χ3v) is 2.15. The van der Waals surface area contributed by atoms with Gasteiger partial charge in [-0.3, -0.25) is 9.59 Å². The predicted molar refractivity (Wildman–Crippen MR) is 64.8 cm³/mol. The van der Waals surface area contributed by atoms with Gasteiger partial charge < -0.3 is 21.1 Å². The van der Waals surface area contributed by atoms with Crippen molar-refractivity contribution in [1.82, 2.24) is 16.0 Å². The number of rotatable bonds is 9. The average molecular weight is 249 g/mol. The number of carboxylic acids is 1. The molecule has 0 heterocycles. The van der Waals surface area contributed by atoms with Crippen molar-refractivity contribution in [2.75, 3.05) is 32.4 Å². The summed E-state index contributed by atoms with van der Waals surface area (Å²) in [6.07, 6.45) is 0.461. The normalized spacial score (nSPS) is 12.1. The number of thiol groups is 1. The molecule has 4 N–H and O–H groups in total. The van der Waals surface area contributed by atoms with Crippen LogP contribution in [-0.4, -0.2) is 55.5 Å². The van der Waals surface area contributed by atoms with Crippen molar-refractivity contribution in [1.29, 1.82) is 0 Å². The van der Waals surface area contributed by atoms with E-state index in [1.807, 2.05) is 0 Å². The van der Waals surface area contributed by atoms with Gasteiger partial charge in [0.25, 0.3) is 0 Å².